The number of amidine groups is 1. The van der Waals surface area contributed by atoms with Crippen LogP contribution in [0.4, 0.5) is 0 Å². The molecule has 0 amide bonds. The van der Waals surface area contributed by atoms with Gasteiger partial charge in [0.15, 0.2) is 0 Å². The van der Waals surface area contributed by atoms with Gasteiger partial charge in [0.1, 0.15) is 12.0 Å². The van der Waals surface area contributed by atoms with E-state index in [1.807, 2.05) is 48.5 Å². The highest BCUT2D eigenvalue weighted by molar-refractivity contribution is 6.30. The highest BCUT2D eigenvalue weighted by Crippen LogP contribution is 2.29. The largest absolute Gasteiger partial charge is 0.290 e. The molecule has 1 aliphatic heterocycles. The second kappa shape index (κ2) is 7.32. The first-order valence-electron chi connectivity index (χ1n) is 7.36. The minimum Gasteiger partial charge on any atom is -0.290 e. The van der Waals surface area contributed by atoms with E-state index in [2.05, 4.69) is 15.4 Å². The summed E-state index contributed by atoms with van der Waals surface area (Å²) < 4.78 is 0. The fraction of sp³-hybridized carbons (Fsp3) is 0.235. The van der Waals surface area contributed by atoms with Crippen LogP contribution in [0.2, 0.25) is 10.0 Å². The lowest BCUT2D eigenvalue weighted by Gasteiger charge is -2.33. The lowest BCUT2D eigenvalue weighted by atomic mass is 10.1. The molecule has 0 radical (unpaired) electrons. The third kappa shape index (κ3) is 4.03. The Bertz CT molecular complexity index is 686. The Balaban J connectivity index is 1.86. The van der Waals surface area contributed by atoms with Gasteiger partial charge in [-0.1, -0.05) is 47.5 Å². The molecular formula is C17H17Cl2N3O. The molecule has 1 atom stereocenters. The minimum atomic E-state index is -0.161. The molecule has 0 spiro atoms. The van der Waals surface area contributed by atoms with Gasteiger partial charge in [-0.15, -0.1) is 0 Å². The van der Waals surface area contributed by atoms with Gasteiger partial charge in [0.05, 0.1) is 0 Å². The molecule has 0 fully saturated rings. The van der Waals surface area contributed by atoms with Crippen LogP contribution in [-0.2, 0) is 6.54 Å². The van der Waals surface area contributed by atoms with E-state index < -0.39 is 0 Å². The Morgan fingerprint density at radius 3 is 2.26 bits per heavy atom. The van der Waals surface area contributed by atoms with Gasteiger partial charge in [-0.05, 0) is 35.4 Å². The number of hydroxylamine groups is 1. The van der Waals surface area contributed by atoms with Crippen LogP contribution in [0.25, 0.3) is 0 Å². The quantitative estimate of drug-likeness (QED) is 0.813. The molecule has 3 rings (SSSR count). The van der Waals surface area contributed by atoms with Crippen molar-refractivity contribution in [2.24, 2.45) is 4.99 Å². The second-order valence-electron chi connectivity index (χ2n) is 5.46. The first-order valence-corrected chi connectivity index (χ1v) is 8.12. The van der Waals surface area contributed by atoms with Crippen LogP contribution in [0.3, 0.4) is 0 Å². The molecule has 1 heterocycles. The topological polar surface area (TPSA) is 47.9 Å². The number of halogens is 2. The molecular weight excluding hydrogens is 333 g/mol. The second-order valence-corrected chi connectivity index (χ2v) is 6.33. The van der Waals surface area contributed by atoms with Gasteiger partial charge in [0.2, 0.25) is 0 Å². The maximum atomic E-state index is 9.17. The fourth-order valence-electron chi connectivity index (χ4n) is 2.66. The van der Waals surface area contributed by atoms with Crippen molar-refractivity contribution in [2.75, 3.05) is 6.54 Å². The maximum absolute atomic E-state index is 9.17. The van der Waals surface area contributed by atoms with Crippen molar-refractivity contribution in [1.82, 2.24) is 10.4 Å². The van der Waals surface area contributed by atoms with Gasteiger partial charge in [-0.2, -0.15) is 0 Å². The molecule has 1 aliphatic rings. The maximum Gasteiger partial charge on any atom is 0.130 e. The minimum absolute atomic E-state index is 0.161. The summed E-state index contributed by atoms with van der Waals surface area (Å²) in [6.45, 7) is 1.55. The van der Waals surface area contributed by atoms with E-state index in [1.54, 1.807) is 0 Å². The van der Waals surface area contributed by atoms with Crippen molar-refractivity contribution in [3.8, 4) is 0 Å². The van der Waals surface area contributed by atoms with E-state index in [0.29, 0.717) is 17.3 Å². The summed E-state index contributed by atoms with van der Waals surface area (Å²) in [5.41, 5.74) is 4.39. The normalized spacial score (nSPS) is 18.6. The van der Waals surface area contributed by atoms with E-state index in [-0.39, 0.29) is 6.17 Å². The Morgan fingerprint density at radius 1 is 1.04 bits per heavy atom. The monoisotopic (exact) mass is 349 g/mol. The number of nitrogens with zero attached hydrogens (tertiary/aromatic N) is 2. The summed E-state index contributed by atoms with van der Waals surface area (Å²) in [4.78, 5) is 6.86. The highest BCUT2D eigenvalue weighted by atomic mass is 35.5. The fourth-order valence-corrected chi connectivity index (χ4v) is 2.91. The van der Waals surface area contributed by atoms with Crippen molar-refractivity contribution in [3.63, 3.8) is 0 Å². The first kappa shape index (κ1) is 16.3. The zero-order chi connectivity index (χ0) is 16.2. The average molecular weight is 350 g/mol. The van der Waals surface area contributed by atoms with Gasteiger partial charge in [0, 0.05) is 29.6 Å². The molecule has 0 aromatic heterocycles. The summed E-state index contributed by atoms with van der Waals surface area (Å²) in [6.07, 6.45) is 0.514. The van der Waals surface area contributed by atoms with Gasteiger partial charge >= 0.3 is 0 Å². The Morgan fingerprint density at radius 2 is 1.65 bits per heavy atom. The molecule has 1 unspecified atom stereocenters. The van der Waals surface area contributed by atoms with Gasteiger partial charge in [-0.3, -0.25) is 15.6 Å². The Kier molecular flexibility index (Phi) is 5.18. The number of aliphatic imine (C=N–C) groups is 1. The average Bonchev–Trinajstić information content (AvgIpc) is 2.58. The summed E-state index contributed by atoms with van der Waals surface area (Å²) in [6, 6.07) is 15.5. The van der Waals surface area contributed by atoms with Crippen LogP contribution >= 0.6 is 23.2 Å². The van der Waals surface area contributed by atoms with Crippen LogP contribution in [0.5, 0.6) is 0 Å². The lowest BCUT2D eigenvalue weighted by molar-refractivity contribution is 0.172. The van der Waals surface area contributed by atoms with Crippen LogP contribution in [0, 0.1) is 0 Å². The molecule has 2 aromatic carbocycles. The molecule has 0 saturated heterocycles. The summed E-state index contributed by atoms with van der Waals surface area (Å²) in [5.74, 6) is 0.595. The Hall–Kier alpha value is -1.59. The molecule has 120 valence electrons. The van der Waals surface area contributed by atoms with Crippen LogP contribution in [-0.4, -0.2) is 22.5 Å². The number of rotatable bonds is 3. The van der Waals surface area contributed by atoms with Gasteiger partial charge in [0.25, 0.3) is 0 Å². The summed E-state index contributed by atoms with van der Waals surface area (Å²) in [7, 11) is 0. The van der Waals surface area contributed by atoms with Crippen molar-refractivity contribution in [1.29, 1.82) is 0 Å². The van der Waals surface area contributed by atoms with E-state index in [0.717, 1.165) is 23.7 Å². The van der Waals surface area contributed by atoms with Gasteiger partial charge in [-0.25, -0.2) is 4.99 Å². The molecule has 0 saturated carbocycles. The van der Waals surface area contributed by atoms with Crippen molar-refractivity contribution in [2.45, 2.75) is 19.1 Å². The van der Waals surface area contributed by atoms with Crippen molar-refractivity contribution in [3.05, 3.63) is 69.7 Å². The van der Waals surface area contributed by atoms with Crippen molar-refractivity contribution < 1.29 is 5.21 Å². The standard InChI is InChI=1S/C17H17Cl2N3O/c18-14-5-1-12(2-6-14)11-22-10-9-16(21-23)20-17(22)13-3-7-15(19)8-4-13/h1-8,17,23H,9-11H2,(H,20,21). The summed E-state index contributed by atoms with van der Waals surface area (Å²) >= 11 is 11.9. The third-order valence-electron chi connectivity index (χ3n) is 3.86. The van der Waals surface area contributed by atoms with Gasteiger partial charge < -0.3 is 0 Å². The zero-order valence-corrected chi connectivity index (χ0v) is 13.9. The first-order chi connectivity index (χ1) is 11.2. The number of nitrogens with one attached hydrogen (secondary N) is 1. The summed E-state index contributed by atoms with van der Waals surface area (Å²) in [5, 5.41) is 10.6. The highest BCUT2D eigenvalue weighted by Gasteiger charge is 2.25. The van der Waals surface area contributed by atoms with E-state index >= 15 is 0 Å². The molecule has 0 aliphatic carbocycles. The molecule has 23 heavy (non-hydrogen) atoms. The SMILES string of the molecule is ONC1=NC(c2ccc(Cl)cc2)N(Cc2ccc(Cl)cc2)CC1. The van der Waals surface area contributed by atoms with Crippen LogP contribution in [0.1, 0.15) is 23.7 Å². The van der Waals surface area contributed by atoms with E-state index in [1.165, 1.54) is 5.56 Å². The number of hydrogen-bond acceptors (Lipinski definition) is 4. The predicted molar refractivity (Wildman–Crippen MR) is 93.0 cm³/mol. The predicted octanol–water partition coefficient (Wildman–Crippen LogP) is 4.28. The smallest absolute Gasteiger partial charge is 0.130 e. The number of hydrogen-bond donors (Lipinski definition) is 2. The molecule has 2 aromatic rings. The molecule has 2 N–H and O–H groups in total. The van der Waals surface area contributed by atoms with Crippen molar-refractivity contribution >= 4 is 29.0 Å². The van der Waals surface area contributed by atoms with E-state index in [4.69, 9.17) is 23.2 Å². The number of benzene rings is 2. The third-order valence-corrected chi connectivity index (χ3v) is 4.36. The van der Waals surface area contributed by atoms with Crippen LogP contribution < -0.4 is 5.48 Å². The molecule has 0 bridgehead atoms. The van der Waals surface area contributed by atoms with Crippen LogP contribution in [0.15, 0.2) is 53.5 Å². The lowest BCUT2D eigenvalue weighted by Crippen LogP contribution is -2.37. The molecule has 4 nitrogen and oxygen atoms in total. The molecule has 6 heteroatoms. The Labute approximate surface area is 145 Å². The zero-order valence-electron chi connectivity index (χ0n) is 12.4. The van der Waals surface area contributed by atoms with E-state index in [9.17, 15) is 5.21 Å².